The van der Waals surface area contributed by atoms with Crippen LogP contribution in [0.15, 0.2) is 42.5 Å². The van der Waals surface area contributed by atoms with Gasteiger partial charge in [0.25, 0.3) is 0 Å². The van der Waals surface area contributed by atoms with E-state index in [-0.39, 0.29) is 33.8 Å². The van der Waals surface area contributed by atoms with Crippen molar-refractivity contribution >= 4 is 39.3 Å². The van der Waals surface area contributed by atoms with Gasteiger partial charge in [0.05, 0.1) is 11.3 Å². The van der Waals surface area contributed by atoms with Gasteiger partial charge in [0.15, 0.2) is 5.96 Å². The first-order chi connectivity index (χ1) is 12.2. The molecule has 2 aromatic rings. The molecular formula is C16H16ClN3O5S. The van der Waals surface area contributed by atoms with Crippen molar-refractivity contribution < 1.29 is 22.1 Å². The molecule has 4 N–H and O–H groups in total. The smallest absolute Gasteiger partial charge is 0.343 e. The van der Waals surface area contributed by atoms with E-state index < -0.39 is 16.1 Å². The van der Waals surface area contributed by atoms with Gasteiger partial charge in [-0.05, 0) is 37.3 Å². The van der Waals surface area contributed by atoms with E-state index in [0.29, 0.717) is 5.69 Å². The fourth-order valence-electron chi connectivity index (χ4n) is 1.86. The van der Waals surface area contributed by atoms with Crippen LogP contribution < -0.4 is 20.0 Å². The Morgan fingerprint density at radius 1 is 1.19 bits per heavy atom. The van der Waals surface area contributed by atoms with Gasteiger partial charge in [0, 0.05) is 22.8 Å². The average Bonchev–Trinajstić information content (AvgIpc) is 2.54. The van der Waals surface area contributed by atoms with Gasteiger partial charge in [-0.3, -0.25) is 5.41 Å². The SMILES string of the molecule is CCS(=O)(=O)Oc1cc(Cl)cc(OC(=O)c2ccc(NC(=N)N)cc2)c1. The number of carbonyl (C=O) groups excluding carboxylic acids is 1. The Bertz CT molecular complexity index is 929. The van der Waals surface area contributed by atoms with Crippen molar-refractivity contribution in [2.24, 2.45) is 5.73 Å². The predicted molar refractivity (Wildman–Crippen MR) is 98.5 cm³/mol. The summed E-state index contributed by atoms with van der Waals surface area (Å²) in [5.41, 5.74) is 6.00. The molecule has 0 amide bonds. The van der Waals surface area contributed by atoms with Crippen molar-refractivity contribution in [2.75, 3.05) is 11.1 Å². The molecule has 138 valence electrons. The van der Waals surface area contributed by atoms with Crippen molar-refractivity contribution in [3.8, 4) is 11.5 Å². The summed E-state index contributed by atoms with van der Waals surface area (Å²) in [6, 6.07) is 9.98. The zero-order chi connectivity index (χ0) is 19.3. The van der Waals surface area contributed by atoms with Gasteiger partial charge >= 0.3 is 16.1 Å². The highest BCUT2D eigenvalue weighted by Crippen LogP contribution is 2.27. The normalized spacial score (nSPS) is 10.8. The molecule has 0 saturated heterocycles. The van der Waals surface area contributed by atoms with E-state index in [1.54, 1.807) is 12.1 Å². The third-order valence-electron chi connectivity index (χ3n) is 3.03. The third kappa shape index (κ3) is 5.64. The summed E-state index contributed by atoms with van der Waals surface area (Å²) in [5, 5.41) is 9.87. The number of anilines is 1. The largest absolute Gasteiger partial charge is 0.423 e. The molecule has 2 rings (SSSR count). The second-order valence-electron chi connectivity index (χ2n) is 5.06. The molecule has 0 heterocycles. The van der Waals surface area contributed by atoms with Crippen LogP contribution in [0.3, 0.4) is 0 Å². The lowest BCUT2D eigenvalue weighted by molar-refractivity contribution is 0.0735. The highest BCUT2D eigenvalue weighted by Gasteiger charge is 2.14. The molecule has 26 heavy (non-hydrogen) atoms. The molecule has 0 aromatic heterocycles. The molecule has 2 aromatic carbocycles. The summed E-state index contributed by atoms with van der Waals surface area (Å²) in [5.74, 6) is -1.13. The van der Waals surface area contributed by atoms with Gasteiger partial charge in [-0.2, -0.15) is 8.42 Å². The van der Waals surface area contributed by atoms with Crippen LogP contribution in [-0.2, 0) is 10.1 Å². The highest BCUT2D eigenvalue weighted by atomic mass is 35.5. The van der Waals surface area contributed by atoms with Crippen molar-refractivity contribution in [2.45, 2.75) is 6.92 Å². The number of ether oxygens (including phenoxy) is 1. The van der Waals surface area contributed by atoms with Crippen LogP contribution in [0.2, 0.25) is 5.02 Å². The fourth-order valence-corrected chi connectivity index (χ4v) is 2.58. The van der Waals surface area contributed by atoms with Crippen LogP contribution in [0.25, 0.3) is 0 Å². The summed E-state index contributed by atoms with van der Waals surface area (Å²) in [7, 11) is -3.74. The van der Waals surface area contributed by atoms with Gasteiger partial charge in [-0.15, -0.1) is 0 Å². The molecular weight excluding hydrogens is 382 g/mol. The number of halogens is 1. The maximum absolute atomic E-state index is 12.2. The Hall–Kier alpha value is -2.78. The van der Waals surface area contributed by atoms with Gasteiger partial charge < -0.3 is 20.0 Å². The van der Waals surface area contributed by atoms with Crippen molar-refractivity contribution in [3.05, 3.63) is 53.1 Å². The Kier molecular flexibility index (Phi) is 6.06. The first kappa shape index (κ1) is 19.5. The van der Waals surface area contributed by atoms with Gasteiger partial charge in [-0.1, -0.05) is 11.6 Å². The van der Waals surface area contributed by atoms with Gasteiger partial charge in [-0.25, -0.2) is 4.79 Å². The molecule has 0 unspecified atom stereocenters. The molecule has 0 saturated carbocycles. The van der Waals surface area contributed by atoms with E-state index in [9.17, 15) is 13.2 Å². The molecule has 0 bridgehead atoms. The zero-order valence-corrected chi connectivity index (χ0v) is 15.2. The first-order valence-corrected chi connectivity index (χ1v) is 9.30. The maximum atomic E-state index is 12.2. The van der Waals surface area contributed by atoms with Crippen molar-refractivity contribution in [1.82, 2.24) is 0 Å². The van der Waals surface area contributed by atoms with E-state index in [1.165, 1.54) is 37.3 Å². The number of rotatable bonds is 6. The van der Waals surface area contributed by atoms with Gasteiger partial charge in [0.1, 0.15) is 11.5 Å². The van der Waals surface area contributed by atoms with Crippen LogP contribution in [0, 0.1) is 5.41 Å². The topological polar surface area (TPSA) is 132 Å². The first-order valence-electron chi connectivity index (χ1n) is 7.34. The molecule has 0 fully saturated rings. The quantitative estimate of drug-likeness (QED) is 0.224. The molecule has 0 aliphatic rings. The summed E-state index contributed by atoms with van der Waals surface area (Å²) in [6.07, 6.45) is 0. The Labute approximate surface area is 155 Å². The number of nitrogens with one attached hydrogen (secondary N) is 2. The summed E-state index contributed by atoms with van der Waals surface area (Å²) >= 11 is 5.91. The maximum Gasteiger partial charge on any atom is 0.343 e. The molecule has 0 atom stereocenters. The lowest BCUT2D eigenvalue weighted by atomic mass is 10.2. The standard InChI is InChI=1S/C16H16ClN3O5S/c1-2-26(22,23)25-14-8-11(17)7-13(9-14)24-15(21)10-3-5-12(6-4-10)20-16(18)19/h3-9H,2H2,1H3,(H4,18,19,20). The monoisotopic (exact) mass is 397 g/mol. The van der Waals surface area contributed by atoms with E-state index in [4.69, 9.17) is 31.7 Å². The number of esters is 1. The van der Waals surface area contributed by atoms with E-state index in [0.717, 1.165) is 0 Å². The number of nitrogens with two attached hydrogens (primary N) is 1. The van der Waals surface area contributed by atoms with E-state index >= 15 is 0 Å². The van der Waals surface area contributed by atoms with Crippen LogP contribution in [-0.4, -0.2) is 26.1 Å². The number of benzene rings is 2. The molecule has 0 aliphatic carbocycles. The van der Waals surface area contributed by atoms with Crippen LogP contribution in [0.5, 0.6) is 11.5 Å². The van der Waals surface area contributed by atoms with Crippen molar-refractivity contribution in [3.63, 3.8) is 0 Å². The Balaban J connectivity index is 2.15. The number of guanidine groups is 1. The summed E-state index contributed by atoms with van der Waals surface area (Å²) in [6.45, 7) is 1.44. The Morgan fingerprint density at radius 2 is 1.81 bits per heavy atom. The van der Waals surface area contributed by atoms with Crippen LogP contribution in [0.4, 0.5) is 5.69 Å². The predicted octanol–water partition coefficient (Wildman–Crippen LogP) is 2.59. The van der Waals surface area contributed by atoms with Crippen LogP contribution in [0.1, 0.15) is 17.3 Å². The van der Waals surface area contributed by atoms with Gasteiger partial charge in [0.2, 0.25) is 0 Å². The molecule has 0 spiro atoms. The average molecular weight is 398 g/mol. The summed E-state index contributed by atoms with van der Waals surface area (Å²) < 4.78 is 33.2. The van der Waals surface area contributed by atoms with Crippen LogP contribution >= 0.6 is 11.6 Å². The minimum absolute atomic E-state index is 0.0368. The fraction of sp³-hybridized carbons (Fsp3) is 0.125. The van der Waals surface area contributed by atoms with E-state index in [2.05, 4.69) is 5.32 Å². The molecule has 8 nitrogen and oxygen atoms in total. The zero-order valence-electron chi connectivity index (χ0n) is 13.7. The van der Waals surface area contributed by atoms with E-state index in [1.807, 2.05) is 0 Å². The molecule has 0 aliphatic heterocycles. The molecule has 0 radical (unpaired) electrons. The Morgan fingerprint density at radius 3 is 2.38 bits per heavy atom. The highest BCUT2D eigenvalue weighted by molar-refractivity contribution is 7.87. The third-order valence-corrected chi connectivity index (χ3v) is 4.40. The second kappa shape index (κ2) is 8.07. The second-order valence-corrected chi connectivity index (χ2v) is 7.35. The number of hydrogen-bond donors (Lipinski definition) is 3. The number of hydrogen-bond acceptors (Lipinski definition) is 6. The lowest BCUT2D eigenvalue weighted by Gasteiger charge is -2.09. The minimum Gasteiger partial charge on any atom is -0.423 e. The number of carbonyl (C=O) groups is 1. The summed E-state index contributed by atoms with van der Waals surface area (Å²) in [4.78, 5) is 12.2. The lowest BCUT2D eigenvalue weighted by Crippen LogP contribution is -2.20. The molecule has 10 heteroatoms. The van der Waals surface area contributed by atoms with Crippen molar-refractivity contribution in [1.29, 1.82) is 5.41 Å². The minimum atomic E-state index is -3.74.